The zero-order valence-electron chi connectivity index (χ0n) is 15.4. The molecule has 2 aromatic carbocycles. The molecule has 0 aliphatic carbocycles. The van der Waals surface area contributed by atoms with Crippen molar-refractivity contribution in [1.29, 1.82) is 0 Å². The molecule has 26 heavy (non-hydrogen) atoms. The van der Waals surface area contributed by atoms with Gasteiger partial charge in [-0.05, 0) is 36.5 Å². The molecule has 1 heterocycles. The standard InChI is InChI=1S/C22H25N3O/c1-3-21-20(15-24-25(21)16-18-10-5-4-6-11-18)22(26)23-14-13-19-12-8-7-9-17(19)2/h4-12,15H,3,13-14,16H2,1-2H3,(H,23,26). The second-order valence-corrected chi connectivity index (χ2v) is 6.43. The molecule has 0 unspecified atom stereocenters. The van der Waals surface area contributed by atoms with E-state index in [1.807, 2.05) is 35.0 Å². The molecule has 0 radical (unpaired) electrons. The van der Waals surface area contributed by atoms with E-state index < -0.39 is 0 Å². The van der Waals surface area contributed by atoms with Crippen molar-refractivity contribution in [2.75, 3.05) is 6.54 Å². The fourth-order valence-corrected chi connectivity index (χ4v) is 3.16. The van der Waals surface area contributed by atoms with Gasteiger partial charge in [0.15, 0.2) is 0 Å². The maximum Gasteiger partial charge on any atom is 0.254 e. The Morgan fingerprint density at radius 2 is 1.81 bits per heavy atom. The van der Waals surface area contributed by atoms with E-state index in [4.69, 9.17) is 0 Å². The van der Waals surface area contributed by atoms with Crippen LogP contribution in [0.3, 0.4) is 0 Å². The molecule has 4 heteroatoms. The highest BCUT2D eigenvalue weighted by Crippen LogP contribution is 2.13. The number of rotatable bonds is 7. The van der Waals surface area contributed by atoms with Gasteiger partial charge in [0.2, 0.25) is 0 Å². The molecule has 3 aromatic rings. The maximum absolute atomic E-state index is 12.6. The second kappa shape index (κ2) is 8.48. The third-order valence-corrected chi connectivity index (χ3v) is 4.64. The monoisotopic (exact) mass is 347 g/mol. The Morgan fingerprint density at radius 1 is 1.08 bits per heavy atom. The normalized spacial score (nSPS) is 10.7. The quantitative estimate of drug-likeness (QED) is 0.707. The van der Waals surface area contributed by atoms with Gasteiger partial charge in [0.05, 0.1) is 24.0 Å². The van der Waals surface area contributed by atoms with Crippen LogP contribution in [0.5, 0.6) is 0 Å². The summed E-state index contributed by atoms with van der Waals surface area (Å²) in [5.41, 5.74) is 5.35. The van der Waals surface area contributed by atoms with E-state index in [9.17, 15) is 4.79 Å². The number of nitrogens with zero attached hydrogens (tertiary/aromatic N) is 2. The van der Waals surface area contributed by atoms with Gasteiger partial charge < -0.3 is 5.32 Å². The van der Waals surface area contributed by atoms with Gasteiger partial charge in [0.1, 0.15) is 0 Å². The Kier molecular flexibility index (Phi) is 5.84. The van der Waals surface area contributed by atoms with E-state index >= 15 is 0 Å². The molecule has 134 valence electrons. The second-order valence-electron chi connectivity index (χ2n) is 6.43. The molecule has 1 aromatic heterocycles. The Bertz CT molecular complexity index is 868. The molecule has 1 N–H and O–H groups in total. The van der Waals surface area contributed by atoms with Gasteiger partial charge in [-0.3, -0.25) is 9.48 Å². The smallest absolute Gasteiger partial charge is 0.254 e. The average Bonchev–Trinajstić information content (AvgIpc) is 3.06. The molecular weight excluding hydrogens is 322 g/mol. The first-order valence-corrected chi connectivity index (χ1v) is 9.10. The van der Waals surface area contributed by atoms with E-state index in [0.29, 0.717) is 18.7 Å². The maximum atomic E-state index is 12.6. The van der Waals surface area contributed by atoms with Crippen molar-refractivity contribution in [1.82, 2.24) is 15.1 Å². The highest BCUT2D eigenvalue weighted by molar-refractivity contribution is 5.95. The Balaban J connectivity index is 1.65. The molecule has 0 saturated carbocycles. The van der Waals surface area contributed by atoms with Gasteiger partial charge in [0.25, 0.3) is 5.91 Å². The number of amides is 1. The number of hydrogen-bond donors (Lipinski definition) is 1. The first-order valence-electron chi connectivity index (χ1n) is 9.10. The summed E-state index contributed by atoms with van der Waals surface area (Å²) in [6, 6.07) is 18.5. The topological polar surface area (TPSA) is 46.9 Å². The van der Waals surface area contributed by atoms with E-state index in [1.54, 1.807) is 6.20 Å². The van der Waals surface area contributed by atoms with Gasteiger partial charge in [-0.2, -0.15) is 5.10 Å². The lowest BCUT2D eigenvalue weighted by Crippen LogP contribution is -2.26. The SMILES string of the molecule is CCc1c(C(=O)NCCc2ccccc2C)cnn1Cc1ccccc1. The van der Waals surface area contributed by atoms with E-state index in [1.165, 1.54) is 16.7 Å². The number of carbonyl (C=O) groups is 1. The fourth-order valence-electron chi connectivity index (χ4n) is 3.16. The Hall–Kier alpha value is -2.88. The highest BCUT2D eigenvalue weighted by atomic mass is 16.1. The Morgan fingerprint density at radius 3 is 2.54 bits per heavy atom. The van der Waals surface area contributed by atoms with Crippen molar-refractivity contribution in [3.63, 3.8) is 0 Å². The third kappa shape index (κ3) is 4.20. The van der Waals surface area contributed by atoms with Crippen LogP contribution in [0.1, 0.15) is 39.7 Å². The van der Waals surface area contributed by atoms with E-state index in [2.05, 4.69) is 48.5 Å². The van der Waals surface area contributed by atoms with Crippen molar-refractivity contribution in [3.05, 3.63) is 88.7 Å². The molecule has 0 atom stereocenters. The molecule has 0 aliphatic rings. The molecule has 3 rings (SSSR count). The number of benzene rings is 2. The van der Waals surface area contributed by atoms with Crippen molar-refractivity contribution in [3.8, 4) is 0 Å². The number of nitrogens with one attached hydrogen (secondary N) is 1. The van der Waals surface area contributed by atoms with Gasteiger partial charge in [-0.1, -0.05) is 61.5 Å². The van der Waals surface area contributed by atoms with Crippen molar-refractivity contribution in [2.24, 2.45) is 0 Å². The summed E-state index contributed by atoms with van der Waals surface area (Å²) in [6.07, 6.45) is 3.29. The Labute approximate surface area is 154 Å². The molecular formula is C22H25N3O. The first kappa shape index (κ1) is 17.9. The molecule has 4 nitrogen and oxygen atoms in total. The van der Waals surface area contributed by atoms with Crippen molar-refractivity contribution >= 4 is 5.91 Å². The van der Waals surface area contributed by atoms with Crippen LogP contribution < -0.4 is 5.32 Å². The lowest BCUT2D eigenvalue weighted by molar-refractivity contribution is 0.0953. The van der Waals surface area contributed by atoms with E-state index in [0.717, 1.165) is 18.5 Å². The average molecular weight is 347 g/mol. The minimum absolute atomic E-state index is 0.0465. The van der Waals surface area contributed by atoms with Crippen LogP contribution in [0.2, 0.25) is 0 Å². The highest BCUT2D eigenvalue weighted by Gasteiger charge is 2.16. The van der Waals surface area contributed by atoms with Crippen LogP contribution in [0.15, 0.2) is 60.8 Å². The number of carbonyl (C=O) groups excluding carboxylic acids is 1. The van der Waals surface area contributed by atoms with Crippen molar-refractivity contribution < 1.29 is 4.79 Å². The van der Waals surface area contributed by atoms with Crippen LogP contribution in [0.25, 0.3) is 0 Å². The zero-order chi connectivity index (χ0) is 18.4. The van der Waals surface area contributed by atoms with Gasteiger partial charge in [-0.15, -0.1) is 0 Å². The molecule has 0 bridgehead atoms. The number of aryl methyl sites for hydroxylation is 1. The predicted molar refractivity (Wildman–Crippen MR) is 104 cm³/mol. The first-order chi connectivity index (χ1) is 12.7. The molecule has 0 spiro atoms. The minimum Gasteiger partial charge on any atom is -0.352 e. The number of aromatic nitrogens is 2. The summed E-state index contributed by atoms with van der Waals surface area (Å²) in [7, 11) is 0. The molecule has 0 aliphatic heterocycles. The van der Waals surface area contributed by atoms with Gasteiger partial charge >= 0.3 is 0 Å². The van der Waals surface area contributed by atoms with Crippen LogP contribution in [0.4, 0.5) is 0 Å². The molecule has 0 saturated heterocycles. The number of hydrogen-bond acceptors (Lipinski definition) is 2. The lowest BCUT2D eigenvalue weighted by atomic mass is 10.1. The van der Waals surface area contributed by atoms with Crippen LogP contribution in [-0.4, -0.2) is 22.2 Å². The molecule has 1 amide bonds. The zero-order valence-corrected chi connectivity index (χ0v) is 15.4. The van der Waals surface area contributed by atoms with Gasteiger partial charge in [0, 0.05) is 6.54 Å². The third-order valence-electron chi connectivity index (χ3n) is 4.64. The summed E-state index contributed by atoms with van der Waals surface area (Å²) >= 11 is 0. The largest absolute Gasteiger partial charge is 0.352 e. The van der Waals surface area contributed by atoms with Crippen LogP contribution in [-0.2, 0) is 19.4 Å². The summed E-state index contributed by atoms with van der Waals surface area (Å²) in [4.78, 5) is 12.6. The minimum atomic E-state index is -0.0465. The summed E-state index contributed by atoms with van der Waals surface area (Å²) in [6.45, 7) is 5.46. The lowest BCUT2D eigenvalue weighted by Gasteiger charge is -2.09. The van der Waals surface area contributed by atoms with E-state index in [-0.39, 0.29) is 5.91 Å². The van der Waals surface area contributed by atoms with Gasteiger partial charge in [-0.25, -0.2) is 0 Å². The summed E-state index contributed by atoms with van der Waals surface area (Å²) < 4.78 is 1.92. The fraction of sp³-hybridized carbons (Fsp3) is 0.273. The summed E-state index contributed by atoms with van der Waals surface area (Å²) in [5, 5.41) is 7.47. The molecule has 0 fully saturated rings. The predicted octanol–water partition coefficient (Wildman–Crippen LogP) is 3.77. The van der Waals surface area contributed by atoms with Crippen LogP contribution in [0, 0.1) is 6.92 Å². The summed E-state index contributed by atoms with van der Waals surface area (Å²) in [5.74, 6) is -0.0465. The van der Waals surface area contributed by atoms with Crippen LogP contribution >= 0.6 is 0 Å². The van der Waals surface area contributed by atoms with Crippen molar-refractivity contribution in [2.45, 2.75) is 33.2 Å².